The van der Waals surface area contributed by atoms with Crippen LogP contribution in [0.3, 0.4) is 0 Å². The third-order valence-corrected chi connectivity index (χ3v) is 3.58. The molecule has 1 nitrogen and oxygen atoms in total. The molecule has 0 spiro atoms. The molecule has 15 heavy (non-hydrogen) atoms. The number of thioether (sulfide) groups is 1. The zero-order valence-electron chi connectivity index (χ0n) is 9.92. The Balaban J connectivity index is 2.41. The van der Waals surface area contributed by atoms with Gasteiger partial charge in [0.25, 0.3) is 0 Å². The molecule has 1 aromatic rings. The summed E-state index contributed by atoms with van der Waals surface area (Å²) in [4.78, 5) is 1.38. The van der Waals surface area contributed by atoms with Gasteiger partial charge in [-0.05, 0) is 32.0 Å². The van der Waals surface area contributed by atoms with Crippen LogP contribution in [0.15, 0.2) is 29.2 Å². The summed E-state index contributed by atoms with van der Waals surface area (Å²) in [6, 6.07) is 9.36. The van der Waals surface area contributed by atoms with Crippen LogP contribution in [0.25, 0.3) is 0 Å². The lowest BCUT2D eigenvalue weighted by Crippen LogP contribution is -2.30. The van der Waals surface area contributed by atoms with Crippen LogP contribution < -0.4 is 5.32 Å². The summed E-state index contributed by atoms with van der Waals surface area (Å²) in [5.74, 6) is 1.16. The van der Waals surface area contributed by atoms with Crippen LogP contribution in [0.5, 0.6) is 0 Å². The van der Waals surface area contributed by atoms with Crippen molar-refractivity contribution in [2.75, 3.05) is 12.3 Å². The summed E-state index contributed by atoms with van der Waals surface area (Å²) in [6.45, 7) is 7.61. The topological polar surface area (TPSA) is 12.0 Å². The van der Waals surface area contributed by atoms with E-state index < -0.39 is 0 Å². The van der Waals surface area contributed by atoms with Crippen molar-refractivity contribution in [2.24, 2.45) is 0 Å². The maximum absolute atomic E-state index is 3.50. The normalized spacial score (nSPS) is 12.7. The Morgan fingerprint density at radius 1 is 1.33 bits per heavy atom. The average molecular weight is 223 g/mol. The van der Waals surface area contributed by atoms with Crippen molar-refractivity contribution in [1.29, 1.82) is 0 Å². The molecule has 1 unspecified atom stereocenters. The average Bonchev–Trinajstić information content (AvgIpc) is 2.24. The fourth-order valence-corrected chi connectivity index (χ4v) is 2.70. The number of benzene rings is 1. The molecular formula is C13H21NS. The van der Waals surface area contributed by atoms with Gasteiger partial charge in [0.1, 0.15) is 0 Å². The highest BCUT2D eigenvalue weighted by atomic mass is 32.2. The molecule has 1 rings (SSSR count). The predicted molar refractivity (Wildman–Crippen MR) is 69.7 cm³/mol. The van der Waals surface area contributed by atoms with Gasteiger partial charge in [-0.2, -0.15) is 0 Å². The smallest absolute Gasteiger partial charge is 0.0158 e. The fourth-order valence-electron chi connectivity index (χ4n) is 1.51. The molecule has 0 fully saturated rings. The molecule has 84 valence electrons. The Labute approximate surface area is 97.7 Å². The van der Waals surface area contributed by atoms with E-state index in [9.17, 15) is 0 Å². The van der Waals surface area contributed by atoms with Crippen LogP contribution >= 0.6 is 11.8 Å². The molecule has 0 aromatic heterocycles. The van der Waals surface area contributed by atoms with Crippen molar-refractivity contribution >= 4 is 11.8 Å². The van der Waals surface area contributed by atoms with Gasteiger partial charge in [0.05, 0.1) is 0 Å². The molecule has 2 heteroatoms. The second-order valence-corrected chi connectivity index (χ2v) is 4.88. The Morgan fingerprint density at radius 3 is 2.73 bits per heavy atom. The van der Waals surface area contributed by atoms with Crippen molar-refractivity contribution in [3.63, 3.8) is 0 Å². The van der Waals surface area contributed by atoms with Crippen molar-refractivity contribution in [3.8, 4) is 0 Å². The molecule has 0 saturated heterocycles. The van der Waals surface area contributed by atoms with E-state index in [2.05, 4.69) is 50.4 Å². The van der Waals surface area contributed by atoms with Crippen LogP contribution in [-0.2, 0) is 0 Å². The van der Waals surface area contributed by atoms with Crippen molar-refractivity contribution in [1.82, 2.24) is 5.32 Å². The lowest BCUT2D eigenvalue weighted by molar-refractivity contribution is 0.560. The maximum Gasteiger partial charge on any atom is 0.0158 e. The first-order chi connectivity index (χ1) is 7.26. The monoisotopic (exact) mass is 223 g/mol. The molecule has 0 radical (unpaired) electrons. The van der Waals surface area contributed by atoms with Crippen molar-refractivity contribution in [3.05, 3.63) is 29.8 Å². The summed E-state index contributed by atoms with van der Waals surface area (Å²) in [5, 5.41) is 3.50. The number of nitrogens with one attached hydrogen (secondary N) is 1. The van der Waals surface area contributed by atoms with Crippen LogP contribution in [0.1, 0.15) is 25.8 Å². The predicted octanol–water partition coefficient (Wildman–Crippen LogP) is 3.48. The summed E-state index contributed by atoms with van der Waals surface area (Å²) in [6.07, 6.45) is 1.20. The number of hydrogen-bond acceptors (Lipinski definition) is 2. The minimum atomic E-state index is 0.639. The molecule has 0 aliphatic carbocycles. The van der Waals surface area contributed by atoms with Crippen molar-refractivity contribution in [2.45, 2.75) is 38.1 Å². The van der Waals surface area contributed by atoms with Gasteiger partial charge in [-0.1, -0.05) is 31.5 Å². The van der Waals surface area contributed by atoms with E-state index in [1.165, 1.54) is 16.9 Å². The van der Waals surface area contributed by atoms with Gasteiger partial charge in [0.2, 0.25) is 0 Å². The lowest BCUT2D eigenvalue weighted by atomic mass is 10.2. The third kappa shape index (κ3) is 4.72. The highest BCUT2D eigenvalue weighted by molar-refractivity contribution is 7.99. The van der Waals surface area contributed by atoms with Gasteiger partial charge in [-0.3, -0.25) is 0 Å². The highest BCUT2D eigenvalue weighted by Crippen LogP contribution is 2.20. The Bertz CT molecular complexity index is 286. The fraction of sp³-hybridized carbons (Fsp3) is 0.538. The van der Waals surface area contributed by atoms with Crippen LogP contribution in [0.2, 0.25) is 0 Å². The second-order valence-electron chi connectivity index (χ2n) is 3.79. The molecule has 0 saturated carbocycles. The Hall–Kier alpha value is -0.470. The van der Waals surface area contributed by atoms with E-state index in [0.29, 0.717) is 6.04 Å². The largest absolute Gasteiger partial charge is 0.313 e. The van der Waals surface area contributed by atoms with Gasteiger partial charge >= 0.3 is 0 Å². The molecule has 1 atom stereocenters. The van der Waals surface area contributed by atoms with Crippen LogP contribution in [-0.4, -0.2) is 18.3 Å². The number of rotatable bonds is 6. The van der Waals surface area contributed by atoms with Crippen LogP contribution in [0.4, 0.5) is 0 Å². The minimum Gasteiger partial charge on any atom is -0.313 e. The van der Waals surface area contributed by atoms with Gasteiger partial charge in [0.15, 0.2) is 0 Å². The molecular weight excluding hydrogens is 202 g/mol. The molecule has 1 N–H and O–H groups in total. The maximum atomic E-state index is 3.50. The quantitative estimate of drug-likeness (QED) is 0.741. The first-order valence-electron chi connectivity index (χ1n) is 5.69. The minimum absolute atomic E-state index is 0.639. The summed E-state index contributed by atoms with van der Waals surface area (Å²) in [7, 11) is 0. The van der Waals surface area contributed by atoms with Gasteiger partial charge in [0, 0.05) is 16.7 Å². The van der Waals surface area contributed by atoms with E-state index in [1.807, 2.05) is 11.8 Å². The van der Waals surface area contributed by atoms with E-state index in [4.69, 9.17) is 0 Å². The zero-order valence-corrected chi connectivity index (χ0v) is 10.7. The van der Waals surface area contributed by atoms with Crippen molar-refractivity contribution < 1.29 is 0 Å². The molecule has 0 heterocycles. The first-order valence-corrected chi connectivity index (χ1v) is 6.67. The van der Waals surface area contributed by atoms with E-state index >= 15 is 0 Å². The van der Waals surface area contributed by atoms with Gasteiger partial charge in [-0.15, -0.1) is 11.8 Å². The Morgan fingerprint density at radius 2 is 2.13 bits per heavy atom. The van der Waals surface area contributed by atoms with E-state index in [-0.39, 0.29) is 0 Å². The first kappa shape index (κ1) is 12.6. The summed E-state index contributed by atoms with van der Waals surface area (Å²) < 4.78 is 0. The lowest BCUT2D eigenvalue weighted by Gasteiger charge is -2.15. The molecule has 0 aliphatic rings. The van der Waals surface area contributed by atoms with Gasteiger partial charge in [-0.25, -0.2) is 0 Å². The number of aryl methyl sites for hydroxylation is 1. The standard InChI is InChI=1S/C13H21NS/c1-4-12(14-5-2)10-15-13-8-6-7-11(3)9-13/h6-9,12,14H,4-5,10H2,1-3H3. The summed E-state index contributed by atoms with van der Waals surface area (Å²) in [5.41, 5.74) is 1.34. The SMILES string of the molecule is CCNC(CC)CSc1cccc(C)c1. The number of hydrogen-bond donors (Lipinski definition) is 1. The summed E-state index contributed by atoms with van der Waals surface area (Å²) >= 11 is 1.94. The van der Waals surface area contributed by atoms with Crippen LogP contribution in [0, 0.1) is 6.92 Å². The molecule has 0 amide bonds. The highest BCUT2D eigenvalue weighted by Gasteiger charge is 2.04. The van der Waals surface area contributed by atoms with E-state index in [1.54, 1.807) is 0 Å². The molecule has 0 bridgehead atoms. The Kier molecular flexibility index (Phi) is 5.81. The van der Waals surface area contributed by atoms with Gasteiger partial charge < -0.3 is 5.32 Å². The third-order valence-electron chi connectivity index (χ3n) is 2.43. The molecule has 0 aliphatic heterocycles. The second kappa shape index (κ2) is 6.91. The zero-order chi connectivity index (χ0) is 11.1. The molecule has 1 aromatic carbocycles. The van der Waals surface area contributed by atoms with E-state index in [0.717, 1.165) is 12.3 Å².